The molecule has 0 atom stereocenters. The minimum atomic E-state index is -0.502. The van der Waals surface area contributed by atoms with Crippen LogP contribution in [0.3, 0.4) is 0 Å². The lowest BCUT2D eigenvalue weighted by atomic mass is 9.86. The van der Waals surface area contributed by atoms with E-state index in [1.807, 2.05) is 26.2 Å². The van der Waals surface area contributed by atoms with E-state index < -0.39 is 5.95 Å². The molecule has 0 saturated heterocycles. The van der Waals surface area contributed by atoms with Crippen LogP contribution in [-0.2, 0) is 9.63 Å². The number of rotatable bonds is 7. The SMILES string of the molecule is CC(C)(C)ON(C=O)C[C@H]1CC[C@H](Nc2nc(-c3cccc(F)n3)cs2)CC1. The van der Waals surface area contributed by atoms with Crippen LogP contribution in [-0.4, -0.2) is 39.6 Å². The topological polar surface area (TPSA) is 67.3 Å². The Kier molecular flexibility index (Phi) is 6.61. The van der Waals surface area contributed by atoms with Crippen LogP contribution >= 0.6 is 11.3 Å². The van der Waals surface area contributed by atoms with Gasteiger partial charge in [0.05, 0.1) is 17.8 Å². The van der Waals surface area contributed by atoms with Crippen molar-refractivity contribution in [3.05, 3.63) is 29.5 Å². The van der Waals surface area contributed by atoms with Gasteiger partial charge in [0.1, 0.15) is 5.69 Å². The maximum absolute atomic E-state index is 13.3. The Morgan fingerprint density at radius 1 is 1.25 bits per heavy atom. The molecule has 2 aromatic heterocycles. The zero-order chi connectivity index (χ0) is 20.1. The molecule has 28 heavy (non-hydrogen) atoms. The van der Waals surface area contributed by atoms with Crippen molar-refractivity contribution >= 4 is 22.9 Å². The maximum Gasteiger partial charge on any atom is 0.233 e. The summed E-state index contributed by atoms with van der Waals surface area (Å²) in [7, 11) is 0. The van der Waals surface area contributed by atoms with Gasteiger partial charge in [-0.05, 0) is 64.5 Å². The van der Waals surface area contributed by atoms with Gasteiger partial charge in [-0.3, -0.25) is 9.63 Å². The van der Waals surface area contributed by atoms with Crippen LogP contribution in [0.4, 0.5) is 9.52 Å². The molecule has 1 aliphatic rings. The molecule has 8 heteroatoms. The molecule has 152 valence electrons. The quantitative estimate of drug-likeness (QED) is 0.416. The molecule has 1 aliphatic carbocycles. The summed E-state index contributed by atoms with van der Waals surface area (Å²) in [6.07, 6.45) is 4.85. The standard InChI is InChI=1S/C20H27FN4O2S/c1-20(2,3)27-25(13-26)11-14-7-9-15(10-8-14)22-19-24-17(12-28-19)16-5-4-6-18(21)23-16/h4-6,12-15H,7-11H2,1-3H3,(H,22,24)/t14-,15-. The van der Waals surface area contributed by atoms with E-state index >= 15 is 0 Å². The first-order valence-electron chi connectivity index (χ1n) is 9.58. The summed E-state index contributed by atoms with van der Waals surface area (Å²) in [6.45, 7) is 6.43. The van der Waals surface area contributed by atoms with E-state index in [-0.39, 0.29) is 5.60 Å². The summed E-state index contributed by atoms with van der Waals surface area (Å²) in [6, 6.07) is 5.07. The number of hydrogen-bond donors (Lipinski definition) is 1. The fraction of sp³-hybridized carbons (Fsp3) is 0.550. The zero-order valence-corrected chi connectivity index (χ0v) is 17.3. The van der Waals surface area contributed by atoms with Crippen molar-refractivity contribution in [3.8, 4) is 11.4 Å². The molecule has 1 N–H and O–H groups in total. The lowest BCUT2D eigenvalue weighted by Gasteiger charge is -2.33. The molecule has 2 aromatic rings. The van der Waals surface area contributed by atoms with Crippen LogP contribution in [0.25, 0.3) is 11.4 Å². The number of hydroxylamine groups is 2. The predicted octanol–water partition coefficient (Wildman–Crippen LogP) is 4.50. The van der Waals surface area contributed by atoms with E-state index in [2.05, 4.69) is 15.3 Å². The Labute approximate surface area is 169 Å². The lowest BCUT2D eigenvalue weighted by Crippen LogP contribution is -2.38. The molecule has 0 radical (unpaired) electrons. The fourth-order valence-electron chi connectivity index (χ4n) is 3.38. The first-order valence-corrected chi connectivity index (χ1v) is 10.5. The molecular weight excluding hydrogens is 379 g/mol. The third-order valence-electron chi connectivity index (χ3n) is 4.60. The predicted molar refractivity (Wildman–Crippen MR) is 108 cm³/mol. The Morgan fingerprint density at radius 2 is 2.00 bits per heavy atom. The summed E-state index contributed by atoms with van der Waals surface area (Å²) in [5, 5.41) is 7.63. The van der Waals surface area contributed by atoms with Gasteiger partial charge in [0.25, 0.3) is 0 Å². The van der Waals surface area contributed by atoms with E-state index in [1.165, 1.54) is 22.5 Å². The normalized spacial score (nSPS) is 20.0. The number of nitrogens with one attached hydrogen (secondary N) is 1. The van der Waals surface area contributed by atoms with Crippen molar-refractivity contribution < 1.29 is 14.0 Å². The number of halogens is 1. The summed E-state index contributed by atoms with van der Waals surface area (Å²) in [5.74, 6) is -0.0629. The highest BCUT2D eigenvalue weighted by Crippen LogP contribution is 2.30. The highest BCUT2D eigenvalue weighted by Gasteiger charge is 2.25. The molecular formula is C20H27FN4O2S. The minimum absolute atomic E-state index is 0.351. The highest BCUT2D eigenvalue weighted by atomic mass is 32.1. The van der Waals surface area contributed by atoms with Crippen molar-refractivity contribution in [2.45, 2.75) is 58.1 Å². The third-order valence-corrected chi connectivity index (χ3v) is 5.38. The molecule has 0 aromatic carbocycles. The number of aromatic nitrogens is 2. The second-order valence-electron chi connectivity index (χ2n) is 8.15. The number of pyridine rings is 1. The fourth-order valence-corrected chi connectivity index (χ4v) is 4.16. The number of thiazole rings is 1. The van der Waals surface area contributed by atoms with Gasteiger partial charge in [-0.2, -0.15) is 4.39 Å². The number of hydrogen-bond acceptors (Lipinski definition) is 6. The summed E-state index contributed by atoms with van der Waals surface area (Å²) >= 11 is 1.51. The van der Waals surface area contributed by atoms with Gasteiger partial charge in [0, 0.05) is 11.4 Å². The number of carbonyl (C=O) groups is 1. The van der Waals surface area contributed by atoms with E-state index in [9.17, 15) is 9.18 Å². The minimum Gasteiger partial charge on any atom is -0.359 e. The smallest absolute Gasteiger partial charge is 0.233 e. The highest BCUT2D eigenvalue weighted by molar-refractivity contribution is 7.14. The van der Waals surface area contributed by atoms with E-state index in [0.717, 1.165) is 37.2 Å². The van der Waals surface area contributed by atoms with E-state index in [1.54, 1.807) is 12.1 Å². The number of nitrogens with zero attached hydrogens (tertiary/aromatic N) is 3. The van der Waals surface area contributed by atoms with Crippen LogP contribution in [0.2, 0.25) is 0 Å². The summed E-state index contributed by atoms with van der Waals surface area (Å²) in [5.41, 5.74) is 0.848. The molecule has 0 spiro atoms. The average Bonchev–Trinajstić information content (AvgIpc) is 3.10. The summed E-state index contributed by atoms with van der Waals surface area (Å²) < 4.78 is 13.3. The molecule has 1 fully saturated rings. The second-order valence-corrected chi connectivity index (χ2v) is 9.01. The van der Waals surface area contributed by atoms with Gasteiger partial charge in [-0.15, -0.1) is 11.3 Å². The van der Waals surface area contributed by atoms with Gasteiger partial charge in [-0.1, -0.05) is 6.07 Å². The van der Waals surface area contributed by atoms with Crippen molar-refractivity contribution in [3.63, 3.8) is 0 Å². The molecule has 0 bridgehead atoms. The van der Waals surface area contributed by atoms with Gasteiger partial charge < -0.3 is 5.32 Å². The zero-order valence-electron chi connectivity index (χ0n) is 16.5. The number of anilines is 1. The maximum atomic E-state index is 13.3. The van der Waals surface area contributed by atoms with Gasteiger partial charge in [0.2, 0.25) is 12.4 Å². The molecule has 1 saturated carbocycles. The largest absolute Gasteiger partial charge is 0.359 e. The van der Waals surface area contributed by atoms with Crippen LogP contribution in [0.5, 0.6) is 0 Å². The second kappa shape index (κ2) is 8.96. The molecule has 3 rings (SSSR count). The summed E-state index contributed by atoms with van der Waals surface area (Å²) in [4.78, 5) is 25.3. The van der Waals surface area contributed by atoms with Gasteiger partial charge in [-0.25, -0.2) is 15.0 Å². The average molecular weight is 407 g/mol. The van der Waals surface area contributed by atoms with Crippen LogP contribution in [0, 0.1) is 11.9 Å². The molecule has 2 heterocycles. The number of carbonyl (C=O) groups excluding carboxylic acids is 1. The van der Waals surface area contributed by atoms with Gasteiger partial charge >= 0.3 is 0 Å². The van der Waals surface area contributed by atoms with Crippen molar-refractivity contribution in [1.29, 1.82) is 0 Å². The molecule has 6 nitrogen and oxygen atoms in total. The Bertz CT molecular complexity index is 785. The van der Waals surface area contributed by atoms with Crippen LogP contribution in [0.15, 0.2) is 23.6 Å². The Morgan fingerprint density at radius 3 is 2.64 bits per heavy atom. The number of amides is 1. The van der Waals surface area contributed by atoms with Crippen LogP contribution in [0.1, 0.15) is 46.5 Å². The first kappa shape index (κ1) is 20.7. The molecule has 0 aliphatic heterocycles. The Hall–Kier alpha value is -2.06. The molecule has 0 unspecified atom stereocenters. The van der Waals surface area contributed by atoms with Gasteiger partial charge in [0.15, 0.2) is 5.13 Å². The van der Waals surface area contributed by atoms with Crippen molar-refractivity contribution in [2.75, 3.05) is 11.9 Å². The van der Waals surface area contributed by atoms with E-state index in [4.69, 9.17) is 4.84 Å². The van der Waals surface area contributed by atoms with Crippen LogP contribution < -0.4 is 5.32 Å². The monoisotopic (exact) mass is 406 g/mol. The first-order chi connectivity index (χ1) is 13.3. The van der Waals surface area contributed by atoms with Crippen molar-refractivity contribution in [2.24, 2.45) is 5.92 Å². The van der Waals surface area contributed by atoms with E-state index in [0.29, 0.717) is 29.9 Å². The van der Waals surface area contributed by atoms with Crippen molar-refractivity contribution in [1.82, 2.24) is 15.0 Å². The third kappa shape index (κ3) is 5.97. The lowest BCUT2D eigenvalue weighted by molar-refractivity contribution is -0.220. The molecule has 1 amide bonds. The Balaban J connectivity index is 1.49.